The van der Waals surface area contributed by atoms with Gasteiger partial charge in [-0.3, -0.25) is 0 Å². The summed E-state index contributed by atoms with van der Waals surface area (Å²) in [4.78, 5) is 0. The maximum atomic E-state index is 11.5. The third-order valence-electron chi connectivity index (χ3n) is 2.37. The Hall–Kier alpha value is 0.230. The van der Waals surface area contributed by atoms with Crippen LogP contribution < -0.4 is 0 Å². The molecule has 80 valence electrons. The van der Waals surface area contributed by atoms with Gasteiger partial charge in [-0.2, -0.15) is 0 Å². The number of rotatable bonds is 9. The Labute approximate surface area is 84.1 Å². The van der Waals surface area contributed by atoms with Gasteiger partial charge < -0.3 is 4.57 Å². The molecule has 0 saturated heterocycles. The van der Waals surface area contributed by atoms with E-state index in [1.54, 1.807) is 0 Å². The molecule has 0 aliphatic carbocycles. The molecule has 0 radical (unpaired) electrons. The first kappa shape index (κ1) is 13.2. The van der Waals surface area contributed by atoms with Crippen LogP contribution in [-0.4, -0.2) is 12.3 Å². The molecule has 0 spiro atoms. The fourth-order valence-electron chi connectivity index (χ4n) is 1.45. The van der Waals surface area contributed by atoms with Gasteiger partial charge in [0.15, 0.2) is 0 Å². The molecule has 0 aromatic rings. The summed E-state index contributed by atoms with van der Waals surface area (Å²) in [5.41, 5.74) is 0. The van der Waals surface area contributed by atoms with E-state index in [1.807, 2.05) is 0 Å². The molecule has 0 aliphatic heterocycles. The minimum atomic E-state index is -1.19. The van der Waals surface area contributed by atoms with E-state index in [2.05, 4.69) is 13.8 Å². The second-order valence-corrected chi connectivity index (χ2v) is 5.88. The van der Waals surface area contributed by atoms with Crippen molar-refractivity contribution >= 4 is 7.80 Å². The Balaban J connectivity index is 3.11. The van der Waals surface area contributed by atoms with Crippen molar-refractivity contribution in [2.75, 3.05) is 12.3 Å². The van der Waals surface area contributed by atoms with Crippen molar-refractivity contribution in [3.63, 3.8) is 0 Å². The van der Waals surface area contributed by atoms with Crippen molar-refractivity contribution in [3.8, 4) is 0 Å². The molecule has 1 unspecified atom stereocenters. The van der Waals surface area contributed by atoms with Gasteiger partial charge in [0.1, 0.15) is 0 Å². The normalized spacial score (nSPS) is 13.1. The molecule has 1 nitrogen and oxygen atoms in total. The molecule has 0 saturated carbocycles. The summed E-state index contributed by atoms with van der Waals surface area (Å²) in [7, 11) is -1.19. The summed E-state index contributed by atoms with van der Waals surface area (Å²) < 4.78 is 11.5. The molecule has 0 aromatic heterocycles. The smallest absolute Gasteiger partial charge is 0.0762 e. The van der Waals surface area contributed by atoms with Gasteiger partial charge in [-0.05, 0) is 25.2 Å². The highest BCUT2D eigenvalue weighted by atomic mass is 31.1. The molecular weight excluding hydrogens is 179 g/mol. The Bertz CT molecular complexity index is 123. The quantitative estimate of drug-likeness (QED) is 0.404. The average Bonchev–Trinajstić information content (AvgIpc) is 2.13. The third kappa shape index (κ3) is 10.1. The van der Waals surface area contributed by atoms with Crippen LogP contribution in [0.15, 0.2) is 0 Å². The number of hydrogen-bond acceptors (Lipinski definition) is 1. The highest BCUT2D eigenvalue weighted by Gasteiger charge is 1.98. The van der Waals surface area contributed by atoms with Gasteiger partial charge in [0.2, 0.25) is 0 Å². The molecule has 13 heavy (non-hydrogen) atoms. The number of hydrogen-bond donors (Lipinski definition) is 0. The van der Waals surface area contributed by atoms with Crippen LogP contribution in [0.5, 0.6) is 0 Å². The lowest BCUT2D eigenvalue weighted by atomic mass is 10.2. The van der Waals surface area contributed by atoms with E-state index >= 15 is 0 Å². The van der Waals surface area contributed by atoms with Gasteiger partial charge in [0.05, 0.1) is 7.80 Å². The van der Waals surface area contributed by atoms with Crippen LogP contribution in [0.1, 0.15) is 58.8 Å². The third-order valence-corrected chi connectivity index (χ3v) is 4.19. The van der Waals surface area contributed by atoms with E-state index in [9.17, 15) is 4.57 Å². The van der Waals surface area contributed by atoms with E-state index in [0.29, 0.717) is 0 Å². The van der Waals surface area contributed by atoms with Gasteiger partial charge in [-0.15, -0.1) is 0 Å². The molecule has 0 aliphatic rings. The van der Waals surface area contributed by atoms with Gasteiger partial charge >= 0.3 is 0 Å². The molecule has 0 bridgehead atoms. The van der Waals surface area contributed by atoms with Crippen molar-refractivity contribution in [1.29, 1.82) is 0 Å². The molecule has 0 fully saturated rings. The second kappa shape index (κ2) is 10.3. The zero-order chi connectivity index (χ0) is 9.94. The van der Waals surface area contributed by atoms with E-state index in [0.717, 1.165) is 12.3 Å². The van der Waals surface area contributed by atoms with Crippen LogP contribution >= 0.6 is 7.80 Å². The first-order valence-electron chi connectivity index (χ1n) is 5.83. The van der Waals surface area contributed by atoms with E-state index in [4.69, 9.17) is 0 Å². The minimum Gasteiger partial charge on any atom is -0.327 e. The summed E-state index contributed by atoms with van der Waals surface area (Å²) in [5, 5.41) is 0. The van der Waals surface area contributed by atoms with Crippen LogP contribution in [0.25, 0.3) is 0 Å². The standard InChI is InChI=1S/C11H25OP/c1-3-5-7-9-11-13(12)10-8-6-4-2/h13H,3-11H2,1-2H3. The highest BCUT2D eigenvalue weighted by Crippen LogP contribution is 2.24. The minimum absolute atomic E-state index is 1.00. The van der Waals surface area contributed by atoms with E-state index in [-0.39, 0.29) is 0 Å². The van der Waals surface area contributed by atoms with Gasteiger partial charge in [-0.25, -0.2) is 0 Å². The Morgan fingerprint density at radius 2 is 1.23 bits per heavy atom. The lowest BCUT2D eigenvalue weighted by Crippen LogP contribution is -1.85. The monoisotopic (exact) mass is 204 g/mol. The average molecular weight is 204 g/mol. The topological polar surface area (TPSA) is 17.1 Å². The van der Waals surface area contributed by atoms with Crippen molar-refractivity contribution in [1.82, 2.24) is 0 Å². The van der Waals surface area contributed by atoms with Crippen LogP contribution in [0.4, 0.5) is 0 Å². The van der Waals surface area contributed by atoms with Gasteiger partial charge in [0.25, 0.3) is 0 Å². The van der Waals surface area contributed by atoms with E-state index in [1.165, 1.54) is 44.9 Å². The largest absolute Gasteiger partial charge is 0.327 e. The van der Waals surface area contributed by atoms with Crippen LogP contribution in [0.2, 0.25) is 0 Å². The molecule has 0 amide bonds. The fourth-order valence-corrected chi connectivity index (χ4v) is 2.98. The SMILES string of the molecule is CCCCCC[PH](=O)CCCCC. The maximum absolute atomic E-state index is 11.5. The molecule has 0 aromatic carbocycles. The Kier molecular flexibility index (Phi) is 10.5. The zero-order valence-corrected chi connectivity index (χ0v) is 10.3. The van der Waals surface area contributed by atoms with Crippen LogP contribution in [0.3, 0.4) is 0 Å². The predicted molar refractivity (Wildman–Crippen MR) is 62.4 cm³/mol. The Morgan fingerprint density at radius 1 is 0.769 bits per heavy atom. The van der Waals surface area contributed by atoms with Gasteiger partial charge in [-0.1, -0.05) is 46.0 Å². The van der Waals surface area contributed by atoms with E-state index < -0.39 is 7.80 Å². The van der Waals surface area contributed by atoms with Gasteiger partial charge in [0, 0.05) is 0 Å². The molecule has 0 heterocycles. The molecule has 2 heteroatoms. The fraction of sp³-hybridized carbons (Fsp3) is 1.00. The highest BCUT2D eigenvalue weighted by molar-refractivity contribution is 7.44. The van der Waals surface area contributed by atoms with Crippen LogP contribution in [-0.2, 0) is 4.57 Å². The van der Waals surface area contributed by atoms with Crippen molar-refractivity contribution in [2.24, 2.45) is 0 Å². The van der Waals surface area contributed by atoms with Crippen LogP contribution in [0, 0.1) is 0 Å². The maximum Gasteiger partial charge on any atom is 0.0762 e. The van der Waals surface area contributed by atoms with Crippen molar-refractivity contribution < 1.29 is 4.57 Å². The molecular formula is C11H25OP. The summed E-state index contributed by atoms with van der Waals surface area (Å²) in [5.74, 6) is 0. The van der Waals surface area contributed by atoms with Crippen molar-refractivity contribution in [3.05, 3.63) is 0 Å². The summed E-state index contributed by atoms with van der Waals surface area (Å²) in [6.07, 6.45) is 10.7. The zero-order valence-electron chi connectivity index (χ0n) is 9.27. The second-order valence-electron chi connectivity index (χ2n) is 3.81. The summed E-state index contributed by atoms with van der Waals surface area (Å²) in [6.45, 7) is 4.41. The molecule has 1 atom stereocenters. The summed E-state index contributed by atoms with van der Waals surface area (Å²) in [6, 6.07) is 0. The number of unbranched alkanes of at least 4 members (excludes halogenated alkanes) is 5. The molecule has 0 N–H and O–H groups in total. The lowest BCUT2D eigenvalue weighted by Gasteiger charge is -2.01. The summed E-state index contributed by atoms with van der Waals surface area (Å²) >= 11 is 0. The van der Waals surface area contributed by atoms with Crippen molar-refractivity contribution in [2.45, 2.75) is 58.8 Å². The predicted octanol–water partition coefficient (Wildman–Crippen LogP) is 4.32. The first-order chi connectivity index (χ1) is 6.31. The molecule has 0 rings (SSSR count). The Morgan fingerprint density at radius 3 is 1.77 bits per heavy atom. The first-order valence-corrected chi connectivity index (χ1v) is 7.65. The lowest BCUT2D eigenvalue weighted by molar-refractivity contribution is 0.580.